The Morgan fingerprint density at radius 2 is 1.37 bits per heavy atom. The molecule has 1 aliphatic rings. The lowest BCUT2D eigenvalue weighted by Gasteiger charge is -2.35. The van der Waals surface area contributed by atoms with E-state index in [0.29, 0.717) is 31.3 Å². The van der Waals surface area contributed by atoms with Crippen molar-refractivity contribution in [3.63, 3.8) is 0 Å². The van der Waals surface area contributed by atoms with Crippen LogP contribution in [-0.4, -0.2) is 37.1 Å². The van der Waals surface area contributed by atoms with Crippen molar-refractivity contribution < 1.29 is 9.53 Å². The Balaban J connectivity index is 1.68. The highest BCUT2D eigenvalue weighted by Crippen LogP contribution is 2.30. The second kappa shape index (κ2) is 9.90. The third kappa shape index (κ3) is 4.73. The van der Waals surface area contributed by atoms with Crippen LogP contribution >= 0.6 is 11.6 Å². The molecule has 1 aliphatic heterocycles. The summed E-state index contributed by atoms with van der Waals surface area (Å²) >= 11 is 6.51. The van der Waals surface area contributed by atoms with Gasteiger partial charge in [-0.2, -0.15) is 0 Å². The van der Waals surface area contributed by atoms with Crippen molar-refractivity contribution in [2.75, 3.05) is 26.3 Å². The molecule has 154 valence electrons. The molecule has 0 saturated carbocycles. The van der Waals surface area contributed by atoms with Gasteiger partial charge in [-0.1, -0.05) is 90.5 Å². The molecule has 3 aromatic rings. The minimum atomic E-state index is -0.475. The average Bonchev–Trinajstić information content (AvgIpc) is 2.81. The normalized spacial score (nSPS) is 15.7. The molecule has 1 saturated heterocycles. The van der Waals surface area contributed by atoms with Gasteiger partial charge in [0.05, 0.1) is 19.3 Å². The number of hydrogen-bond acceptors (Lipinski definition) is 3. The van der Waals surface area contributed by atoms with E-state index in [1.54, 1.807) is 0 Å². The Morgan fingerprint density at radius 3 is 1.93 bits per heavy atom. The summed E-state index contributed by atoms with van der Waals surface area (Å²) in [5.74, 6) is -0.0669. The number of hydrogen-bond donors (Lipinski definition) is 1. The highest BCUT2D eigenvalue weighted by Gasteiger charge is 2.32. The zero-order chi connectivity index (χ0) is 20.8. The summed E-state index contributed by atoms with van der Waals surface area (Å²) < 4.78 is 5.51. The molecule has 4 rings (SSSR count). The standard InChI is InChI=1S/C25H25ClN2O2/c26-22-14-8-7-13-21(22)24(28-15-17-30-18-16-28)25(29)27-23(19-9-3-1-4-10-19)20-11-5-2-6-12-20/h1-14,23-24H,15-18H2,(H,27,29). The van der Waals surface area contributed by atoms with E-state index >= 15 is 0 Å². The molecule has 0 radical (unpaired) electrons. The lowest BCUT2D eigenvalue weighted by Crippen LogP contribution is -2.46. The van der Waals surface area contributed by atoms with Gasteiger partial charge in [-0.25, -0.2) is 0 Å². The molecular weight excluding hydrogens is 396 g/mol. The fourth-order valence-electron chi connectivity index (χ4n) is 3.91. The quantitative estimate of drug-likeness (QED) is 0.632. The predicted octanol–water partition coefficient (Wildman–Crippen LogP) is 4.62. The predicted molar refractivity (Wildman–Crippen MR) is 119 cm³/mol. The smallest absolute Gasteiger partial charge is 0.242 e. The lowest BCUT2D eigenvalue weighted by molar-refractivity contribution is -0.129. The summed E-state index contributed by atoms with van der Waals surface area (Å²) in [6, 6.07) is 26.9. The maximum absolute atomic E-state index is 13.7. The van der Waals surface area contributed by atoms with Crippen molar-refractivity contribution in [2.24, 2.45) is 0 Å². The van der Waals surface area contributed by atoms with Gasteiger partial charge in [0.1, 0.15) is 6.04 Å². The largest absolute Gasteiger partial charge is 0.379 e. The van der Waals surface area contributed by atoms with E-state index in [1.165, 1.54) is 0 Å². The maximum Gasteiger partial charge on any atom is 0.242 e. The molecule has 0 spiro atoms. The number of halogens is 1. The number of nitrogens with zero attached hydrogens (tertiary/aromatic N) is 1. The van der Waals surface area contributed by atoms with Gasteiger partial charge < -0.3 is 10.1 Å². The van der Waals surface area contributed by atoms with Crippen molar-refractivity contribution in [3.05, 3.63) is 107 Å². The van der Waals surface area contributed by atoms with Gasteiger partial charge in [0, 0.05) is 18.1 Å². The second-order valence-electron chi connectivity index (χ2n) is 7.34. The van der Waals surface area contributed by atoms with Crippen molar-refractivity contribution in [1.82, 2.24) is 10.2 Å². The first-order valence-electron chi connectivity index (χ1n) is 10.2. The molecule has 1 N–H and O–H groups in total. The molecule has 3 aromatic carbocycles. The summed E-state index contributed by atoms with van der Waals surface area (Å²) in [5.41, 5.74) is 2.90. The number of nitrogens with one attached hydrogen (secondary N) is 1. The molecule has 1 amide bonds. The van der Waals surface area contributed by atoms with Crippen LogP contribution in [0.4, 0.5) is 0 Å². The average molecular weight is 421 g/mol. The molecule has 30 heavy (non-hydrogen) atoms. The number of ether oxygens (including phenoxy) is 1. The van der Waals surface area contributed by atoms with E-state index < -0.39 is 6.04 Å². The van der Waals surface area contributed by atoms with E-state index in [4.69, 9.17) is 16.3 Å². The number of rotatable bonds is 6. The summed E-state index contributed by atoms with van der Waals surface area (Å²) in [7, 11) is 0. The van der Waals surface area contributed by atoms with Gasteiger partial charge in [0.25, 0.3) is 0 Å². The number of morpholine rings is 1. The van der Waals surface area contributed by atoms with Gasteiger partial charge in [0.2, 0.25) is 5.91 Å². The zero-order valence-electron chi connectivity index (χ0n) is 16.7. The maximum atomic E-state index is 13.7. The molecule has 1 heterocycles. The highest BCUT2D eigenvalue weighted by molar-refractivity contribution is 6.31. The number of amides is 1. The summed E-state index contributed by atoms with van der Waals surface area (Å²) in [4.78, 5) is 15.8. The third-order valence-corrected chi connectivity index (χ3v) is 5.76. The van der Waals surface area contributed by atoms with Crippen LogP contribution in [0.3, 0.4) is 0 Å². The summed E-state index contributed by atoms with van der Waals surface area (Å²) in [5, 5.41) is 3.89. The van der Waals surface area contributed by atoms with Gasteiger partial charge in [0.15, 0.2) is 0 Å². The minimum absolute atomic E-state index is 0.0669. The molecule has 5 heteroatoms. The Morgan fingerprint density at radius 1 is 0.833 bits per heavy atom. The van der Waals surface area contributed by atoms with Crippen molar-refractivity contribution in [1.29, 1.82) is 0 Å². The Bertz CT molecular complexity index is 920. The first-order valence-corrected chi connectivity index (χ1v) is 10.6. The van der Waals surface area contributed by atoms with Crippen molar-refractivity contribution in [3.8, 4) is 0 Å². The summed E-state index contributed by atoms with van der Waals surface area (Å²) in [6.45, 7) is 2.58. The van der Waals surface area contributed by atoms with Gasteiger partial charge >= 0.3 is 0 Å². The van der Waals surface area contributed by atoms with E-state index in [2.05, 4.69) is 10.2 Å². The first kappa shape index (κ1) is 20.6. The molecule has 4 nitrogen and oxygen atoms in total. The number of benzene rings is 3. The number of carbonyl (C=O) groups excluding carboxylic acids is 1. The van der Waals surface area contributed by atoms with Crippen LogP contribution in [0.1, 0.15) is 28.8 Å². The second-order valence-corrected chi connectivity index (χ2v) is 7.74. The first-order chi connectivity index (χ1) is 14.7. The van der Waals surface area contributed by atoms with Gasteiger partial charge in [-0.15, -0.1) is 0 Å². The van der Waals surface area contributed by atoms with E-state index in [9.17, 15) is 4.79 Å². The zero-order valence-corrected chi connectivity index (χ0v) is 17.5. The van der Waals surface area contributed by atoms with Gasteiger partial charge in [-0.3, -0.25) is 9.69 Å². The highest BCUT2D eigenvalue weighted by atomic mass is 35.5. The van der Waals surface area contributed by atoms with E-state index in [0.717, 1.165) is 16.7 Å². The minimum Gasteiger partial charge on any atom is -0.379 e. The van der Waals surface area contributed by atoms with Crippen molar-refractivity contribution in [2.45, 2.75) is 12.1 Å². The van der Waals surface area contributed by atoms with Crippen LogP contribution in [0.5, 0.6) is 0 Å². The van der Waals surface area contributed by atoms with Crippen LogP contribution in [0.2, 0.25) is 5.02 Å². The lowest BCUT2D eigenvalue weighted by atomic mass is 9.97. The van der Waals surface area contributed by atoms with Crippen molar-refractivity contribution >= 4 is 17.5 Å². The Hall–Kier alpha value is -2.66. The SMILES string of the molecule is O=C(NC(c1ccccc1)c1ccccc1)C(c1ccccc1Cl)N1CCOCC1. The monoisotopic (exact) mass is 420 g/mol. The molecular formula is C25H25ClN2O2. The summed E-state index contributed by atoms with van der Waals surface area (Å²) in [6.07, 6.45) is 0. The van der Waals surface area contributed by atoms with Gasteiger partial charge in [-0.05, 0) is 22.8 Å². The molecule has 0 bridgehead atoms. The molecule has 0 aliphatic carbocycles. The molecule has 0 aromatic heterocycles. The number of carbonyl (C=O) groups is 1. The Labute approximate surface area is 182 Å². The topological polar surface area (TPSA) is 41.6 Å². The van der Waals surface area contributed by atoms with E-state index in [1.807, 2.05) is 84.9 Å². The van der Waals surface area contributed by atoms with Crippen LogP contribution in [0.25, 0.3) is 0 Å². The molecule has 1 unspecified atom stereocenters. The fraction of sp³-hybridized carbons (Fsp3) is 0.240. The van der Waals surface area contributed by atoms with Crippen LogP contribution in [0, 0.1) is 0 Å². The van der Waals surface area contributed by atoms with E-state index in [-0.39, 0.29) is 11.9 Å². The van der Waals surface area contributed by atoms with Crippen LogP contribution in [-0.2, 0) is 9.53 Å². The fourth-order valence-corrected chi connectivity index (χ4v) is 4.15. The Kier molecular flexibility index (Phi) is 6.80. The van der Waals surface area contributed by atoms with Crippen LogP contribution < -0.4 is 5.32 Å². The molecule has 1 atom stereocenters. The van der Waals surface area contributed by atoms with Crippen LogP contribution in [0.15, 0.2) is 84.9 Å². The molecule has 1 fully saturated rings. The third-order valence-electron chi connectivity index (χ3n) is 5.41.